The molecule has 5 heteroatoms. The number of benzene rings is 1. The molecule has 4 nitrogen and oxygen atoms in total. The molecule has 2 N–H and O–H groups in total. The Morgan fingerprint density at radius 2 is 2.05 bits per heavy atom. The highest BCUT2D eigenvalue weighted by molar-refractivity contribution is 6.31. The smallest absolute Gasteiger partial charge is 0.175 e. The topological polar surface area (TPSA) is 61.3 Å². The average Bonchev–Trinajstić information content (AvgIpc) is 2.92. The lowest BCUT2D eigenvalue weighted by molar-refractivity contribution is 0.355. The molecule has 21 heavy (non-hydrogen) atoms. The van der Waals surface area contributed by atoms with E-state index in [-0.39, 0.29) is 0 Å². The summed E-state index contributed by atoms with van der Waals surface area (Å²) in [5.41, 5.74) is 7.77. The molecule has 2 unspecified atom stereocenters. The van der Waals surface area contributed by atoms with Crippen LogP contribution in [0.2, 0.25) is 5.02 Å². The van der Waals surface area contributed by atoms with Crippen LogP contribution in [0.25, 0.3) is 11.1 Å². The lowest BCUT2D eigenvalue weighted by atomic mass is 9.93. The van der Waals surface area contributed by atoms with Gasteiger partial charge >= 0.3 is 0 Å². The number of nitrogens with two attached hydrogens (primary N) is 1. The van der Waals surface area contributed by atoms with Crippen LogP contribution < -0.4 is 10.5 Å². The van der Waals surface area contributed by atoms with Crippen molar-refractivity contribution in [2.75, 3.05) is 12.8 Å². The van der Waals surface area contributed by atoms with Crippen LogP contribution in [0.5, 0.6) is 5.75 Å². The highest BCUT2D eigenvalue weighted by Crippen LogP contribution is 2.59. The number of fused-ring (bicyclic) bond motifs is 1. The van der Waals surface area contributed by atoms with Gasteiger partial charge in [0.2, 0.25) is 0 Å². The molecule has 2 fully saturated rings. The SMILES string of the molecule is COc1ccc(Cl)cc1-c1c(N)noc1C1CC2CC2C1. The molecule has 2 aliphatic carbocycles. The van der Waals surface area contributed by atoms with Crippen LogP contribution in [-0.2, 0) is 0 Å². The number of ether oxygens (including phenoxy) is 1. The van der Waals surface area contributed by atoms with Crippen LogP contribution in [0.1, 0.15) is 30.9 Å². The van der Waals surface area contributed by atoms with Crippen LogP contribution in [0.15, 0.2) is 22.7 Å². The van der Waals surface area contributed by atoms with Gasteiger partial charge in [0.1, 0.15) is 11.5 Å². The molecule has 4 rings (SSSR count). The summed E-state index contributed by atoms with van der Waals surface area (Å²) in [5, 5.41) is 4.63. The number of hydrogen-bond donors (Lipinski definition) is 1. The monoisotopic (exact) mass is 304 g/mol. The Morgan fingerprint density at radius 3 is 2.76 bits per heavy atom. The maximum absolute atomic E-state index is 6.14. The van der Waals surface area contributed by atoms with Crippen LogP contribution in [-0.4, -0.2) is 12.3 Å². The van der Waals surface area contributed by atoms with E-state index in [1.54, 1.807) is 13.2 Å². The zero-order valence-electron chi connectivity index (χ0n) is 11.8. The van der Waals surface area contributed by atoms with Gasteiger partial charge in [0, 0.05) is 16.5 Å². The van der Waals surface area contributed by atoms with E-state index < -0.39 is 0 Å². The molecule has 1 heterocycles. The van der Waals surface area contributed by atoms with Gasteiger partial charge < -0.3 is 15.0 Å². The van der Waals surface area contributed by atoms with Crippen LogP contribution >= 0.6 is 11.6 Å². The summed E-state index contributed by atoms with van der Waals surface area (Å²) in [6, 6.07) is 5.51. The summed E-state index contributed by atoms with van der Waals surface area (Å²) >= 11 is 6.14. The van der Waals surface area contributed by atoms with E-state index in [0.29, 0.717) is 16.8 Å². The van der Waals surface area contributed by atoms with Crippen molar-refractivity contribution in [3.05, 3.63) is 29.0 Å². The maximum atomic E-state index is 6.14. The molecule has 0 aliphatic heterocycles. The fourth-order valence-electron chi connectivity index (χ4n) is 3.67. The molecule has 0 spiro atoms. The predicted molar refractivity (Wildman–Crippen MR) is 81.5 cm³/mol. The third-order valence-corrected chi connectivity index (χ3v) is 5.03. The zero-order chi connectivity index (χ0) is 14.6. The molecule has 1 aromatic carbocycles. The van der Waals surface area contributed by atoms with Gasteiger partial charge in [0.25, 0.3) is 0 Å². The van der Waals surface area contributed by atoms with Gasteiger partial charge in [-0.05, 0) is 49.3 Å². The Labute approximate surface area is 128 Å². The molecule has 1 aromatic heterocycles. The normalized spacial score (nSPS) is 26.7. The van der Waals surface area contributed by atoms with Gasteiger partial charge in [-0.25, -0.2) is 0 Å². The zero-order valence-corrected chi connectivity index (χ0v) is 12.6. The third kappa shape index (κ3) is 2.09. The standard InChI is InChI=1S/C16H17ClN2O2/c1-20-13-3-2-11(17)7-12(13)14-15(21-19-16(14)18)10-5-8-4-9(8)6-10/h2-3,7-10H,4-6H2,1H3,(H2,18,19). The predicted octanol–water partition coefficient (Wildman–Crippen LogP) is 4.10. The van der Waals surface area contributed by atoms with Crippen LogP contribution in [0.3, 0.4) is 0 Å². The van der Waals surface area contributed by atoms with Gasteiger partial charge in [-0.1, -0.05) is 16.8 Å². The summed E-state index contributed by atoms with van der Waals surface area (Å²) in [6.45, 7) is 0. The Balaban J connectivity index is 1.81. The third-order valence-electron chi connectivity index (χ3n) is 4.79. The minimum Gasteiger partial charge on any atom is -0.496 e. The van der Waals surface area contributed by atoms with Gasteiger partial charge in [0.15, 0.2) is 5.82 Å². The number of nitrogen functional groups attached to an aromatic ring is 1. The first-order valence-electron chi connectivity index (χ1n) is 7.26. The van der Waals surface area contributed by atoms with Crippen LogP contribution in [0, 0.1) is 11.8 Å². The lowest BCUT2D eigenvalue weighted by Crippen LogP contribution is -1.99. The fourth-order valence-corrected chi connectivity index (χ4v) is 3.84. The van der Waals surface area contributed by atoms with E-state index in [9.17, 15) is 0 Å². The number of rotatable bonds is 3. The van der Waals surface area contributed by atoms with E-state index in [1.807, 2.05) is 12.1 Å². The first-order chi connectivity index (χ1) is 10.2. The number of hydrogen-bond acceptors (Lipinski definition) is 4. The average molecular weight is 305 g/mol. The Hall–Kier alpha value is -1.68. The largest absolute Gasteiger partial charge is 0.496 e. The lowest BCUT2D eigenvalue weighted by Gasteiger charge is -2.13. The minimum atomic E-state index is 0.408. The quantitative estimate of drug-likeness (QED) is 0.927. The Morgan fingerprint density at radius 1 is 1.29 bits per heavy atom. The second-order valence-corrected chi connectivity index (χ2v) is 6.51. The summed E-state index contributed by atoms with van der Waals surface area (Å²) in [4.78, 5) is 0. The molecule has 0 bridgehead atoms. The minimum absolute atomic E-state index is 0.408. The number of aromatic nitrogens is 1. The van der Waals surface area contributed by atoms with Crippen molar-refractivity contribution in [2.24, 2.45) is 11.8 Å². The molecule has 110 valence electrons. The second-order valence-electron chi connectivity index (χ2n) is 6.08. The molecule has 2 aliphatic rings. The fraction of sp³-hybridized carbons (Fsp3) is 0.438. The van der Waals surface area contributed by atoms with Crippen molar-refractivity contribution < 1.29 is 9.26 Å². The van der Waals surface area contributed by atoms with E-state index in [1.165, 1.54) is 19.3 Å². The molecular weight excluding hydrogens is 288 g/mol. The second kappa shape index (κ2) is 4.67. The number of anilines is 1. The molecular formula is C16H17ClN2O2. The molecule has 2 atom stereocenters. The number of nitrogens with zero attached hydrogens (tertiary/aromatic N) is 1. The first-order valence-corrected chi connectivity index (χ1v) is 7.64. The summed E-state index contributed by atoms with van der Waals surface area (Å²) in [5.74, 6) is 4.19. The van der Waals surface area contributed by atoms with E-state index in [4.69, 9.17) is 26.6 Å². The van der Waals surface area contributed by atoms with Gasteiger partial charge in [-0.3, -0.25) is 0 Å². The Kier molecular flexibility index (Phi) is 2.89. The van der Waals surface area contributed by atoms with Crippen molar-refractivity contribution in [3.8, 4) is 16.9 Å². The van der Waals surface area contributed by atoms with E-state index >= 15 is 0 Å². The van der Waals surface area contributed by atoms with Gasteiger partial charge in [0.05, 0.1) is 12.7 Å². The van der Waals surface area contributed by atoms with Gasteiger partial charge in [-0.15, -0.1) is 0 Å². The van der Waals surface area contributed by atoms with Gasteiger partial charge in [-0.2, -0.15) is 0 Å². The molecule has 0 amide bonds. The van der Waals surface area contributed by atoms with Crippen LogP contribution in [0.4, 0.5) is 5.82 Å². The molecule has 0 radical (unpaired) electrons. The summed E-state index contributed by atoms with van der Waals surface area (Å²) in [6.07, 6.45) is 3.72. The Bertz CT molecular complexity index is 688. The van der Waals surface area contributed by atoms with Crippen molar-refractivity contribution >= 4 is 17.4 Å². The molecule has 0 saturated heterocycles. The van der Waals surface area contributed by atoms with E-state index in [0.717, 1.165) is 34.5 Å². The molecule has 2 saturated carbocycles. The highest BCUT2D eigenvalue weighted by atomic mass is 35.5. The number of methoxy groups -OCH3 is 1. The highest BCUT2D eigenvalue weighted by Gasteiger charge is 2.48. The van der Waals surface area contributed by atoms with Crippen molar-refractivity contribution in [2.45, 2.75) is 25.2 Å². The van der Waals surface area contributed by atoms with Crippen molar-refractivity contribution in [3.63, 3.8) is 0 Å². The first kappa shape index (κ1) is 13.0. The summed E-state index contributed by atoms with van der Waals surface area (Å²) < 4.78 is 11.0. The molecule has 2 aromatic rings. The summed E-state index contributed by atoms with van der Waals surface area (Å²) in [7, 11) is 1.64. The van der Waals surface area contributed by atoms with Crippen molar-refractivity contribution in [1.29, 1.82) is 0 Å². The number of halogens is 1. The maximum Gasteiger partial charge on any atom is 0.175 e. The van der Waals surface area contributed by atoms with E-state index in [2.05, 4.69) is 5.16 Å². The van der Waals surface area contributed by atoms with Crippen molar-refractivity contribution in [1.82, 2.24) is 5.16 Å².